The van der Waals surface area contributed by atoms with Gasteiger partial charge in [0.25, 0.3) is 0 Å². The number of rotatable bonds is 9. The third-order valence-electron chi connectivity index (χ3n) is 4.57. The fraction of sp³-hybridized carbons (Fsp3) is 0.391. The molecule has 1 N–H and O–H groups in total. The number of carbonyl (C=O) groups is 2. The summed E-state index contributed by atoms with van der Waals surface area (Å²) in [5, 5.41) is 2.94. The van der Waals surface area contributed by atoms with Gasteiger partial charge in [-0.1, -0.05) is 74.0 Å². The minimum atomic E-state index is -0.464. The molecule has 0 spiro atoms. The summed E-state index contributed by atoms with van der Waals surface area (Å²) in [6, 6.07) is 17.3. The first-order valence-corrected chi connectivity index (χ1v) is 9.71. The molecule has 0 aliphatic carbocycles. The zero-order chi connectivity index (χ0) is 19.6. The lowest BCUT2D eigenvalue weighted by atomic mass is 10.1. The molecule has 0 saturated carbocycles. The number of carbonyl (C=O) groups excluding carboxylic acids is 2. The Morgan fingerprint density at radius 1 is 1.00 bits per heavy atom. The van der Waals surface area contributed by atoms with Crippen molar-refractivity contribution < 1.29 is 9.59 Å². The van der Waals surface area contributed by atoms with Crippen molar-refractivity contribution in [2.45, 2.75) is 52.6 Å². The van der Waals surface area contributed by atoms with Crippen LogP contribution in [0.3, 0.4) is 0 Å². The highest BCUT2D eigenvalue weighted by Crippen LogP contribution is 2.15. The Morgan fingerprint density at radius 2 is 1.70 bits per heavy atom. The number of hydrogen-bond acceptors (Lipinski definition) is 2. The fourth-order valence-electron chi connectivity index (χ4n) is 3.16. The van der Waals surface area contributed by atoms with Gasteiger partial charge in [0.1, 0.15) is 6.04 Å². The van der Waals surface area contributed by atoms with E-state index in [4.69, 9.17) is 0 Å². The standard InChI is InChI=1S/C23H30N2O2/c1-4-14-24-23(27)21(5-2)25(17-19-11-7-6-8-12-19)22(26)16-20-13-9-10-18(3)15-20/h6-13,15,21H,4-5,14,16-17H2,1-3H3,(H,24,27). The van der Waals surface area contributed by atoms with Crippen LogP contribution in [0.25, 0.3) is 0 Å². The van der Waals surface area contributed by atoms with Crippen molar-refractivity contribution in [2.75, 3.05) is 6.54 Å². The third-order valence-corrected chi connectivity index (χ3v) is 4.57. The van der Waals surface area contributed by atoms with Crippen molar-refractivity contribution in [2.24, 2.45) is 0 Å². The van der Waals surface area contributed by atoms with E-state index in [0.717, 1.165) is 23.1 Å². The number of hydrogen-bond donors (Lipinski definition) is 1. The first-order valence-electron chi connectivity index (χ1n) is 9.71. The van der Waals surface area contributed by atoms with Crippen LogP contribution >= 0.6 is 0 Å². The lowest BCUT2D eigenvalue weighted by Crippen LogP contribution is -2.49. The summed E-state index contributed by atoms with van der Waals surface area (Å²) >= 11 is 0. The molecule has 2 aromatic rings. The van der Waals surface area contributed by atoms with Gasteiger partial charge in [0.05, 0.1) is 6.42 Å². The van der Waals surface area contributed by atoms with Crippen LogP contribution in [0.2, 0.25) is 0 Å². The van der Waals surface area contributed by atoms with Crippen molar-refractivity contribution in [3.63, 3.8) is 0 Å². The van der Waals surface area contributed by atoms with Crippen molar-refractivity contribution >= 4 is 11.8 Å². The van der Waals surface area contributed by atoms with Gasteiger partial charge in [-0.15, -0.1) is 0 Å². The zero-order valence-corrected chi connectivity index (χ0v) is 16.6. The topological polar surface area (TPSA) is 49.4 Å². The summed E-state index contributed by atoms with van der Waals surface area (Å²) in [4.78, 5) is 27.5. The van der Waals surface area contributed by atoms with E-state index in [-0.39, 0.29) is 11.8 Å². The van der Waals surface area contributed by atoms with Crippen LogP contribution in [0, 0.1) is 6.92 Å². The van der Waals surface area contributed by atoms with Crippen LogP contribution < -0.4 is 5.32 Å². The molecule has 0 radical (unpaired) electrons. The second kappa shape index (κ2) is 10.5. The summed E-state index contributed by atoms with van der Waals surface area (Å²) in [5.41, 5.74) is 3.13. The molecule has 4 nitrogen and oxygen atoms in total. The van der Waals surface area contributed by atoms with Crippen molar-refractivity contribution in [3.8, 4) is 0 Å². The molecule has 2 aromatic carbocycles. The van der Waals surface area contributed by atoms with Gasteiger partial charge < -0.3 is 10.2 Å². The minimum absolute atomic E-state index is 0.0250. The summed E-state index contributed by atoms with van der Waals surface area (Å²) in [6.07, 6.45) is 1.76. The Labute approximate surface area is 162 Å². The first kappa shape index (κ1) is 20.7. The molecule has 4 heteroatoms. The van der Waals surface area contributed by atoms with Gasteiger partial charge in [0, 0.05) is 13.1 Å². The molecule has 144 valence electrons. The Morgan fingerprint density at radius 3 is 2.33 bits per heavy atom. The number of amides is 2. The van der Waals surface area contributed by atoms with Gasteiger partial charge in [-0.2, -0.15) is 0 Å². The second-order valence-corrected chi connectivity index (χ2v) is 6.89. The van der Waals surface area contributed by atoms with Crippen LogP contribution in [0.5, 0.6) is 0 Å². The number of nitrogens with zero attached hydrogens (tertiary/aromatic N) is 1. The van der Waals surface area contributed by atoms with E-state index in [2.05, 4.69) is 5.32 Å². The van der Waals surface area contributed by atoms with Gasteiger partial charge in [0.2, 0.25) is 11.8 Å². The molecule has 0 saturated heterocycles. The van der Waals surface area contributed by atoms with Crippen LogP contribution in [0.15, 0.2) is 54.6 Å². The molecule has 0 aliphatic rings. The summed E-state index contributed by atoms with van der Waals surface area (Å²) in [6.45, 7) is 7.05. The summed E-state index contributed by atoms with van der Waals surface area (Å²) < 4.78 is 0. The minimum Gasteiger partial charge on any atom is -0.354 e. The molecule has 2 amide bonds. The van der Waals surface area contributed by atoms with E-state index < -0.39 is 6.04 Å². The number of nitrogens with one attached hydrogen (secondary N) is 1. The first-order chi connectivity index (χ1) is 13.0. The van der Waals surface area contributed by atoms with E-state index >= 15 is 0 Å². The average Bonchev–Trinajstić information content (AvgIpc) is 2.67. The molecule has 0 heterocycles. The van der Waals surface area contributed by atoms with Crippen LogP contribution in [0.4, 0.5) is 0 Å². The Hall–Kier alpha value is -2.62. The highest BCUT2D eigenvalue weighted by molar-refractivity contribution is 5.88. The summed E-state index contributed by atoms with van der Waals surface area (Å²) in [5.74, 6) is -0.101. The maximum absolute atomic E-state index is 13.2. The smallest absolute Gasteiger partial charge is 0.242 e. The maximum Gasteiger partial charge on any atom is 0.242 e. The molecule has 1 unspecified atom stereocenters. The largest absolute Gasteiger partial charge is 0.354 e. The maximum atomic E-state index is 13.2. The zero-order valence-electron chi connectivity index (χ0n) is 16.6. The van der Waals surface area contributed by atoms with Gasteiger partial charge in [-0.25, -0.2) is 0 Å². The molecule has 1 atom stereocenters. The third kappa shape index (κ3) is 6.24. The summed E-state index contributed by atoms with van der Waals surface area (Å²) in [7, 11) is 0. The highest BCUT2D eigenvalue weighted by atomic mass is 16.2. The van der Waals surface area contributed by atoms with E-state index in [1.807, 2.05) is 75.4 Å². The Bertz CT molecular complexity index is 743. The van der Waals surface area contributed by atoms with Gasteiger partial charge in [0.15, 0.2) is 0 Å². The van der Waals surface area contributed by atoms with Crippen molar-refractivity contribution in [1.82, 2.24) is 10.2 Å². The molecule has 0 bridgehead atoms. The Kier molecular flexibility index (Phi) is 8.05. The molecular weight excluding hydrogens is 336 g/mol. The molecule has 0 aromatic heterocycles. The average molecular weight is 367 g/mol. The van der Waals surface area contributed by atoms with E-state index in [9.17, 15) is 9.59 Å². The quantitative estimate of drug-likeness (QED) is 0.732. The highest BCUT2D eigenvalue weighted by Gasteiger charge is 2.28. The van der Waals surface area contributed by atoms with Crippen molar-refractivity contribution in [3.05, 3.63) is 71.3 Å². The second-order valence-electron chi connectivity index (χ2n) is 6.89. The monoisotopic (exact) mass is 366 g/mol. The van der Waals surface area contributed by atoms with Crippen LogP contribution in [0.1, 0.15) is 43.4 Å². The number of aryl methyl sites for hydroxylation is 1. The van der Waals surface area contributed by atoms with Gasteiger partial charge in [-0.05, 0) is 30.9 Å². The lowest BCUT2D eigenvalue weighted by molar-refractivity contribution is -0.140. The van der Waals surface area contributed by atoms with E-state index in [1.54, 1.807) is 4.90 Å². The Balaban J connectivity index is 2.24. The van der Waals surface area contributed by atoms with E-state index in [1.165, 1.54) is 0 Å². The molecule has 0 aliphatic heterocycles. The molecule has 27 heavy (non-hydrogen) atoms. The SMILES string of the molecule is CCCNC(=O)C(CC)N(Cc1ccccc1)C(=O)Cc1cccc(C)c1. The normalized spacial score (nSPS) is 11.7. The van der Waals surface area contributed by atoms with Gasteiger partial charge in [-0.3, -0.25) is 9.59 Å². The predicted molar refractivity (Wildman–Crippen MR) is 109 cm³/mol. The number of benzene rings is 2. The van der Waals surface area contributed by atoms with Crippen LogP contribution in [-0.2, 0) is 22.6 Å². The molecule has 0 fully saturated rings. The fourth-order valence-corrected chi connectivity index (χ4v) is 3.16. The molecular formula is C23H30N2O2. The van der Waals surface area contributed by atoms with E-state index in [0.29, 0.717) is 25.9 Å². The molecule has 2 rings (SSSR count). The van der Waals surface area contributed by atoms with Crippen LogP contribution in [-0.4, -0.2) is 29.3 Å². The van der Waals surface area contributed by atoms with Crippen molar-refractivity contribution in [1.29, 1.82) is 0 Å². The van der Waals surface area contributed by atoms with Gasteiger partial charge >= 0.3 is 0 Å². The predicted octanol–water partition coefficient (Wildman–Crippen LogP) is 3.87. The lowest BCUT2D eigenvalue weighted by Gasteiger charge is -2.30.